The quantitative estimate of drug-likeness (QED) is 0.470. The summed E-state index contributed by atoms with van der Waals surface area (Å²) in [5.74, 6) is -0.926. The first-order chi connectivity index (χ1) is 15.8. The highest BCUT2D eigenvalue weighted by molar-refractivity contribution is 5.96. The minimum atomic E-state index is -4.64. The van der Waals surface area contributed by atoms with Crippen molar-refractivity contribution in [3.63, 3.8) is 0 Å². The molecule has 11 heteroatoms. The summed E-state index contributed by atoms with van der Waals surface area (Å²) in [5, 5.41) is 11.8. The molecular formula is C22H20F3N7O. The fourth-order valence-corrected chi connectivity index (χ4v) is 4.15. The first-order valence-electron chi connectivity index (χ1n) is 10.5. The lowest BCUT2D eigenvalue weighted by atomic mass is 9.95. The Morgan fingerprint density at radius 3 is 2.64 bits per heavy atom. The van der Waals surface area contributed by atoms with Gasteiger partial charge in [-0.1, -0.05) is 6.07 Å². The summed E-state index contributed by atoms with van der Waals surface area (Å²) >= 11 is 0. The molecule has 1 fully saturated rings. The lowest BCUT2D eigenvalue weighted by Crippen LogP contribution is -2.41. The van der Waals surface area contributed by atoms with Crippen molar-refractivity contribution in [1.82, 2.24) is 24.8 Å². The molecule has 0 atom stereocenters. The van der Waals surface area contributed by atoms with E-state index < -0.39 is 12.0 Å². The van der Waals surface area contributed by atoms with Gasteiger partial charge in [-0.3, -0.25) is 9.78 Å². The second-order valence-corrected chi connectivity index (χ2v) is 8.02. The lowest BCUT2D eigenvalue weighted by Gasteiger charge is -2.33. The van der Waals surface area contributed by atoms with Crippen LogP contribution in [-0.4, -0.2) is 50.8 Å². The number of halogens is 3. The Balaban J connectivity index is 1.29. The minimum Gasteiger partial charge on any atom is -0.355 e. The van der Waals surface area contributed by atoms with E-state index in [1.54, 1.807) is 24.2 Å². The van der Waals surface area contributed by atoms with Crippen LogP contribution in [0.15, 0.2) is 48.7 Å². The number of carbonyl (C=O) groups excluding carboxylic acids is 1. The molecule has 1 aliphatic rings. The van der Waals surface area contributed by atoms with E-state index in [4.69, 9.17) is 0 Å². The maximum Gasteiger partial charge on any atom is 0.453 e. The normalized spacial score (nSPS) is 15.3. The fourth-order valence-electron chi connectivity index (χ4n) is 4.15. The molecule has 1 saturated heterocycles. The van der Waals surface area contributed by atoms with Crippen molar-refractivity contribution in [1.29, 1.82) is 0 Å². The number of benzene rings is 1. The Morgan fingerprint density at radius 2 is 1.88 bits per heavy atom. The number of aromatic nitrogens is 5. The van der Waals surface area contributed by atoms with Gasteiger partial charge in [0.2, 0.25) is 5.91 Å². The topological polar surface area (TPSA) is 79.5 Å². The molecule has 3 aromatic heterocycles. The summed E-state index contributed by atoms with van der Waals surface area (Å²) < 4.78 is 40.2. The monoisotopic (exact) mass is 455 g/mol. The van der Waals surface area contributed by atoms with E-state index in [1.807, 2.05) is 35.2 Å². The third-order valence-corrected chi connectivity index (χ3v) is 5.97. The van der Waals surface area contributed by atoms with Crippen molar-refractivity contribution in [3.8, 4) is 0 Å². The van der Waals surface area contributed by atoms with Crippen LogP contribution in [0.1, 0.15) is 18.7 Å². The molecule has 4 heterocycles. The fraction of sp³-hybridized carbons (Fsp3) is 0.318. The molecule has 1 aliphatic heterocycles. The smallest absolute Gasteiger partial charge is 0.355 e. The third-order valence-electron chi connectivity index (χ3n) is 5.97. The van der Waals surface area contributed by atoms with Gasteiger partial charge in [0.25, 0.3) is 5.82 Å². The second-order valence-electron chi connectivity index (χ2n) is 8.02. The Labute approximate surface area is 186 Å². The molecule has 33 heavy (non-hydrogen) atoms. The van der Waals surface area contributed by atoms with Crippen LogP contribution in [0, 0.1) is 5.92 Å². The number of anilines is 2. The van der Waals surface area contributed by atoms with Crippen molar-refractivity contribution < 1.29 is 18.0 Å². The maximum absolute atomic E-state index is 13.1. The summed E-state index contributed by atoms with van der Waals surface area (Å²) in [6, 6.07) is 12.6. The molecule has 0 spiro atoms. The zero-order valence-electron chi connectivity index (χ0n) is 17.7. The summed E-state index contributed by atoms with van der Waals surface area (Å²) in [6.45, 7) is 1.02. The van der Waals surface area contributed by atoms with E-state index in [0.29, 0.717) is 31.7 Å². The zero-order valence-corrected chi connectivity index (χ0v) is 17.7. The molecular weight excluding hydrogens is 435 g/mol. The summed E-state index contributed by atoms with van der Waals surface area (Å²) in [6.07, 6.45) is -1.77. The number of amides is 1. The zero-order chi connectivity index (χ0) is 23.2. The van der Waals surface area contributed by atoms with Crippen LogP contribution >= 0.6 is 0 Å². The van der Waals surface area contributed by atoms with Crippen molar-refractivity contribution in [2.45, 2.75) is 19.0 Å². The summed E-state index contributed by atoms with van der Waals surface area (Å²) in [5.41, 5.74) is 1.69. The number of piperidine rings is 1. The van der Waals surface area contributed by atoms with Crippen molar-refractivity contribution in [2.24, 2.45) is 5.92 Å². The van der Waals surface area contributed by atoms with Crippen LogP contribution in [0.2, 0.25) is 0 Å². The molecule has 1 amide bonds. The summed E-state index contributed by atoms with van der Waals surface area (Å²) in [7, 11) is 1.76. The van der Waals surface area contributed by atoms with Gasteiger partial charge in [0.15, 0.2) is 5.65 Å². The number of pyridine rings is 1. The van der Waals surface area contributed by atoms with Gasteiger partial charge in [-0.15, -0.1) is 15.3 Å². The predicted octanol–water partition coefficient (Wildman–Crippen LogP) is 3.57. The van der Waals surface area contributed by atoms with Gasteiger partial charge in [0, 0.05) is 43.3 Å². The van der Waals surface area contributed by atoms with Gasteiger partial charge in [0.05, 0.1) is 5.52 Å². The highest BCUT2D eigenvalue weighted by Gasteiger charge is 2.38. The Kier molecular flexibility index (Phi) is 5.10. The number of rotatable bonds is 3. The lowest BCUT2D eigenvalue weighted by molar-refractivity contribution is -0.146. The van der Waals surface area contributed by atoms with Crippen molar-refractivity contribution in [2.75, 3.05) is 29.9 Å². The largest absolute Gasteiger partial charge is 0.453 e. The van der Waals surface area contributed by atoms with Crippen LogP contribution < -0.4 is 9.80 Å². The van der Waals surface area contributed by atoms with Crippen molar-refractivity contribution >= 4 is 34.0 Å². The van der Waals surface area contributed by atoms with Gasteiger partial charge in [0.1, 0.15) is 5.82 Å². The van der Waals surface area contributed by atoms with Crippen LogP contribution in [0.4, 0.5) is 24.7 Å². The van der Waals surface area contributed by atoms with E-state index in [0.717, 1.165) is 21.1 Å². The average Bonchev–Trinajstić information content (AvgIpc) is 3.27. The maximum atomic E-state index is 13.1. The van der Waals surface area contributed by atoms with Crippen LogP contribution in [0.3, 0.4) is 0 Å². The van der Waals surface area contributed by atoms with Gasteiger partial charge >= 0.3 is 6.18 Å². The molecule has 8 nitrogen and oxygen atoms in total. The Morgan fingerprint density at radius 1 is 1.09 bits per heavy atom. The number of hydrogen-bond acceptors (Lipinski definition) is 6. The standard InChI is InChI=1S/C22H20F3N7O/c1-30(16-4-5-17-15(13-16)3-2-10-26-17)20(33)14-8-11-31(12-9-14)19-7-6-18-27-28-21(22(23,24)25)32(18)29-19/h2-7,10,13-14H,8-9,11-12H2,1H3. The van der Waals surface area contributed by atoms with E-state index in [2.05, 4.69) is 20.3 Å². The van der Waals surface area contributed by atoms with Gasteiger partial charge < -0.3 is 9.80 Å². The molecule has 0 unspecified atom stereocenters. The molecule has 5 rings (SSSR count). The van der Waals surface area contributed by atoms with E-state index in [9.17, 15) is 18.0 Å². The van der Waals surface area contributed by atoms with Crippen LogP contribution in [0.25, 0.3) is 16.6 Å². The van der Waals surface area contributed by atoms with Gasteiger partial charge in [-0.25, -0.2) is 0 Å². The number of alkyl halides is 3. The number of carbonyl (C=O) groups is 1. The molecule has 1 aromatic carbocycles. The SMILES string of the molecule is CN(C(=O)C1CCN(c2ccc3nnc(C(F)(F)F)n3n2)CC1)c1ccc2ncccc2c1. The third kappa shape index (κ3) is 3.94. The molecule has 170 valence electrons. The average molecular weight is 455 g/mol. The predicted molar refractivity (Wildman–Crippen MR) is 116 cm³/mol. The number of hydrogen-bond donors (Lipinski definition) is 0. The van der Waals surface area contributed by atoms with Crippen molar-refractivity contribution in [3.05, 3.63) is 54.5 Å². The minimum absolute atomic E-state index is 0.0134. The molecule has 0 bridgehead atoms. The number of nitrogens with zero attached hydrogens (tertiary/aromatic N) is 7. The number of fused-ring (bicyclic) bond motifs is 2. The van der Waals surface area contributed by atoms with Gasteiger partial charge in [-0.2, -0.15) is 17.7 Å². The molecule has 0 radical (unpaired) electrons. The highest BCUT2D eigenvalue weighted by atomic mass is 19.4. The molecule has 4 aromatic rings. The Bertz CT molecular complexity index is 1330. The second kappa shape index (κ2) is 7.98. The highest BCUT2D eigenvalue weighted by Crippen LogP contribution is 2.29. The molecule has 0 saturated carbocycles. The van der Waals surface area contributed by atoms with Gasteiger partial charge in [-0.05, 0) is 49.2 Å². The van der Waals surface area contributed by atoms with Crippen LogP contribution in [0.5, 0.6) is 0 Å². The van der Waals surface area contributed by atoms with E-state index >= 15 is 0 Å². The molecule has 0 aliphatic carbocycles. The van der Waals surface area contributed by atoms with Crippen LogP contribution in [-0.2, 0) is 11.0 Å². The van der Waals surface area contributed by atoms with E-state index in [1.165, 1.54) is 6.07 Å². The Hall–Kier alpha value is -3.76. The van der Waals surface area contributed by atoms with E-state index in [-0.39, 0.29) is 17.5 Å². The molecule has 0 N–H and O–H groups in total. The first kappa shape index (κ1) is 21.1. The first-order valence-corrected chi connectivity index (χ1v) is 10.5. The summed E-state index contributed by atoms with van der Waals surface area (Å²) in [4.78, 5) is 20.9.